The van der Waals surface area contributed by atoms with Crippen LogP contribution in [0.1, 0.15) is 28.8 Å². The predicted octanol–water partition coefficient (Wildman–Crippen LogP) is 4.45. The van der Waals surface area contributed by atoms with Gasteiger partial charge in [-0.05, 0) is 49.1 Å². The van der Waals surface area contributed by atoms with Crippen molar-refractivity contribution in [2.24, 2.45) is 11.8 Å². The molecule has 2 aliphatic rings. The van der Waals surface area contributed by atoms with Gasteiger partial charge >= 0.3 is 5.97 Å². The zero-order valence-corrected chi connectivity index (χ0v) is 15.6. The van der Waals surface area contributed by atoms with Gasteiger partial charge in [-0.25, -0.2) is 4.79 Å². The first kappa shape index (κ1) is 17.6. The van der Waals surface area contributed by atoms with E-state index < -0.39 is 0 Å². The average molecular weight is 370 g/mol. The van der Waals surface area contributed by atoms with Crippen LogP contribution in [0.4, 0.5) is 0 Å². The first-order chi connectivity index (χ1) is 12.7. The molecule has 2 aromatic carbocycles. The van der Waals surface area contributed by atoms with Crippen molar-refractivity contribution in [2.75, 3.05) is 19.6 Å². The van der Waals surface area contributed by atoms with Crippen molar-refractivity contribution in [3.05, 3.63) is 70.7 Å². The van der Waals surface area contributed by atoms with E-state index >= 15 is 0 Å². The number of fused-ring (bicyclic) bond motifs is 2. The summed E-state index contributed by atoms with van der Waals surface area (Å²) in [6.07, 6.45) is 3.46. The summed E-state index contributed by atoms with van der Waals surface area (Å²) in [5, 5.41) is 0.633. The first-order valence-electron chi connectivity index (χ1n) is 9.42. The highest BCUT2D eigenvalue weighted by Gasteiger charge is 2.44. The molecule has 2 aromatic rings. The monoisotopic (exact) mass is 369 g/mol. The van der Waals surface area contributed by atoms with Gasteiger partial charge in [0.1, 0.15) is 6.10 Å². The Kier molecular flexibility index (Phi) is 5.28. The van der Waals surface area contributed by atoms with Crippen LogP contribution in [0.2, 0.25) is 5.02 Å². The van der Waals surface area contributed by atoms with Crippen LogP contribution in [0.3, 0.4) is 0 Å². The molecule has 2 fully saturated rings. The molecular formula is C22H24ClNO2. The molecule has 0 radical (unpaired) electrons. The van der Waals surface area contributed by atoms with E-state index in [0.29, 0.717) is 22.4 Å². The summed E-state index contributed by atoms with van der Waals surface area (Å²) < 4.78 is 5.91. The summed E-state index contributed by atoms with van der Waals surface area (Å²) in [6, 6.07) is 17.6. The van der Waals surface area contributed by atoms with Crippen LogP contribution in [0.15, 0.2) is 54.6 Å². The fourth-order valence-corrected chi connectivity index (χ4v) is 4.48. The van der Waals surface area contributed by atoms with E-state index in [0.717, 1.165) is 38.9 Å². The number of nitrogens with zero attached hydrogens (tertiary/aromatic N) is 1. The van der Waals surface area contributed by atoms with Gasteiger partial charge in [-0.1, -0.05) is 41.9 Å². The molecule has 3 nitrogen and oxygen atoms in total. The minimum atomic E-state index is -0.221. The van der Waals surface area contributed by atoms with Crippen molar-refractivity contribution in [1.82, 2.24) is 4.90 Å². The third-order valence-corrected chi connectivity index (χ3v) is 5.96. The van der Waals surface area contributed by atoms with Crippen LogP contribution >= 0.6 is 11.6 Å². The van der Waals surface area contributed by atoms with E-state index in [1.165, 1.54) is 5.56 Å². The number of halogens is 1. The van der Waals surface area contributed by atoms with Gasteiger partial charge in [0, 0.05) is 36.5 Å². The largest absolute Gasteiger partial charge is 0.458 e. The number of likely N-dealkylation sites (tertiary alicyclic amines) is 1. The van der Waals surface area contributed by atoms with E-state index in [9.17, 15) is 4.79 Å². The summed E-state index contributed by atoms with van der Waals surface area (Å²) in [6.45, 7) is 3.14. The maximum Gasteiger partial charge on any atom is 0.338 e. The highest BCUT2D eigenvalue weighted by molar-refractivity contribution is 6.30. The number of hydrogen-bond acceptors (Lipinski definition) is 3. The third kappa shape index (κ3) is 3.94. The number of hydrogen-bond donors (Lipinski definition) is 0. The zero-order chi connectivity index (χ0) is 17.9. The Bertz CT molecular complexity index is 732. The standard InChI is InChI=1S/C22H24ClNO2/c23-20-10-8-17(9-11-20)22(25)26-21-18-6-7-19(21)15-24(14-18)13-12-16-4-2-1-3-5-16/h1-5,8-11,18-19,21H,6-7,12-15H2/t18-,19+,21?. The lowest BCUT2D eigenvalue weighted by molar-refractivity contribution is -0.0210. The van der Waals surface area contributed by atoms with E-state index in [1.807, 2.05) is 0 Å². The second-order valence-electron chi connectivity index (χ2n) is 7.47. The number of carbonyl (C=O) groups excluding carboxylic acids is 1. The van der Waals surface area contributed by atoms with Crippen LogP contribution in [0.5, 0.6) is 0 Å². The molecule has 2 bridgehead atoms. The lowest BCUT2D eigenvalue weighted by Crippen LogP contribution is -2.47. The van der Waals surface area contributed by atoms with Crippen LogP contribution < -0.4 is 0 Å². The molecule has 1 aliphatic heterocycles. The molecule has 0 spiro atoms. The summed E-state index contributed by atoms with van der Waals surface area (Å²) >= 11 is 5.90. The smallest absolute Gasteiger partial charge is 0.338 e. The van der Waals surface area contributed by atoms with Crippen molar-refractivity contribution < 1.29 is 9.53 Å². The van der Waals surface area contributed by atoms with Gasteiger partial charge in [0.15, 0.2) is 0 Å². The molecule has 1 saturated heterocycles. The van der Waals surface area contributed by atoms with E-state index in [1.54, 1.807) is 24.3 Å². The normalized spacial score (nSPS) is 25.2. The zero-order valence-electron chi connectivity index (χ0n) is 14.8. The average Bonchev–Trinajstić information content (AvgIpc) is 2.90. The van der Waals surface area contributed by atoms with Crippen molar-refractivity contribution in [3.8, 4) is 0 Å². The van der Waals surface area contributed by atoms with Crippen molar-refractivity contribution >= 4 is 17.6 Å². The molecule has 4 heteroatoms. The molecule has 4 rings (SSSR count). The van der Waals surface area contributed by atoms with Gasteiger partial charge in [0.2, 0.25) is 0 Å². The minimum absolute atomic E-state index is 0.0613. The number of benzene rings is 2. The van der Waals surface area contributed by atoms with Gasteiger partial charge in [-0.3, -0.25) is 0 Å². The third-order valence-electron chi connectivity index (χ3n) is 5.71. The summed E-state index contributed by atoms with van der Waals surface area (Å²) in [5.74, 6) is 0.697. The fourth-order valence-electron chi connectivity index (χ4n) is 4.35. The Labute approximate surface area is 159 Å². The molecular weight excluding hydrogens is 346 g/mol. The fraction of sp³-hybridized carbons (Fsp3) is 0.409. The second-order valence-corrected chi connectivity index (χ2v) is 7.91. The van der Waals surface area contributed by atoms with Crippen LogP contribution in [0, 0.1) is 11.8 Å². The Balaban J connectivity index is 1.33. The molecule has 1 saturated carbocycles. The van der Waals surface area contributed by atoms with Gasteiger partial charge in [0.25, 0.3) is 0 Å². The predicted molar refractivity (Wildman–Crippen MR) is 103 cm³/mol. The van der Waals surface area contributed by atoms with E-state index in [-0.39, 0.29) is 12.1 Å². The molecule has 1 aliphatic carbocycles. The summed E-state index contributed by atoms with van der Waals surface area (Å²) in [4.78, 5) is 15.0. The van der Waals surface area contributed by atoms with E-state index in [2.05, 4.69) is 35.2 Å². The molecule has 3 atom stereocenters. The molecule has 136 valence electrons. The van der Waals surface area contributed by atoms with Crippen molar-refractivity contribution in [3.63, 3.8) is 0 Å². The van der Waals surface area contributed by atoms with Crippen LogP contribution in [-0.4, -0.2) is 36.6 Å². The van der Waals surface area contributed by atoms with Crippen molar-refractivity contribution in [2.45, 2.75) is 25.4 Å². The molecule has 26 heavy (non-hydrogen) atoms. The lowest BCUT2D eigenvalue weighted by Gasteiger charge is -2.37. The molecule has 1 unspecified atom stereocenters. The molecule has 0 amide bonds. The number of ether oxygens (including phenoxy) is 1. The number of esters is 1. The number of piperidine rings is 1. The quantitative estimate of drug-likeness (QED) is 0.729. The SMILES string of the molecule is O=C(OC1[C@@H]2CC[C@H]1CN(CCc1ccccc1)C2)c1ccc(Cl)cc1. The topological polar surface area (TPSA) is 29.5 Å². The number of carbonyl (C=O) groups is 1. The highest BCUT2D eigenvalue weighted by atomic mass is 35.5. The Morgan fingerprint density at radius 2 is 1.65 bits per heavy atom. The van der Waals surface area contributed by atoms with Crippen LogP contribution in [0.25, 0.3) is 0 Å². The highest BCUT2D eigenvalue weighted by Crippen LogP contribution is 2.39. The van der Waals surface area contributed by atoms with Crippen molar-refractivity contribution in [1.29, 1.82) is 0 Å². The minimum Gasteiger partial charge on any atom is -0.458 e. The van der Waals surface area contributed by atoms with E-state index in [4.69, 9.17) is 16.3 Å². The first-order valence-corrected chi connectivity index (χ1v) is 9.79. The number of rotatable bonds is 5. The summed E-state index contributed by atoms with van der Waals surface area (Å²) in [7, 11) is 0. The summed E-state index contributed by atoms with van der Waals surface area (Å²) in [5.41, 5.74) is 1.97. The van der Waals surface area contributed by atoms with Gasteiger partial charge < -0.3 is 9.64 Å². The van der Waals surface area contributed by atoms with Gasteiger partial charge in [-0.15, -0.1) is 0 Å². The molecule has 0 aromatic heterocycles. The maximum atomic E-state index is 12.5. The lowest BCUT2D eigenvalue weighted by atomic mass is 9.94. The second kappa shape index (κ2) is 7.81. The van der Waals surface area contributed by atoms with Crippen LogP contribution in [-0.2, 0) is 11.2 Å². The molecule has 0 N–H and O–H groups in total. The Morgan fingerprint density at radius 1 is 1.00 bits per heavy atom. The Morgan fingerprint density at radius 3 is 2.31 bits per heavy atom. The maximum absolute atomic E-state index is 12.5. The molecule has 1 heterocycles. The van der Waals surface area contributed by atoms with Gasteiger partial charge in [0.05, 0.1) is 5.56 Å². The van der Waals surface area contributed by atoms with Gasteiger partial charge in [-0.2, -0.15) is 0 Å². The Hall–Kier alpha value is -1.84.